The highest BCUT2D eigenvalue weighted by molar-refractivity contribution is 5.79. The number of aromatic hydroxyl groups is 1. The topological polar surface area (TPSA) is 58.6 Å². The van der Waals surface area contributed by atoms with Crippen LogP contribution in [0.1, 0.15) is 13.3 Å². The van der Waals surface area contributed by atoms with Crippen molar-refractivity contribution in [3.05, 3.63) is 24.0 Å². The molecule has 2 N–H and O–H groups in total. The lowest BCUT2D eigenvalue weighted by Gasteiger charge is -2.15. The molecule has 1 unspecified atom stereocenters. The van der Waals surface area contributed by atoms with E-state index in [1.807, 2.05) is 6.92 Å². The van der Waals surface area contributed by atoms with E-state index in [0.717, 1.165) is 6.07 Å². The SMILES string of the molecule is CCC(Nc1ccc(O)c(F)c1)C(=O)OC. The number of carbonyl (C=O) groups is 1. The van der Waals surface area contributed by atoms with E-state index in [1.165, 1.54) is 19.2 Å². The van der Waals surface area contributed by atoms with Crippen LogP contribution in [0.15, 0.2) is 18.2 Å². The fourth-order valence-electron chi connectivity index (χ4n) is 1.27. The summed E-state index contributed by atoms with van der Waals surface area (Å²) in [6.07, 6.45) is 0.523. The third-order valence-corrected chi connectivity index (χ3v) is 2.18. The minimum absolute atomic E-state index is 0.406. The van der Waals surface area contributed by atoms with Gasteiger partial charge in [0.2, 0.25) is 0 Å². The molecule has 0 saturated heterocycles. The fraction of sp³-hybridized carbons (Fsp3) is 0.364. The number of carbonyl (C=O) groups excluding carboxylic acids is 1. The van der Waals surface area contributed by atoms with Crippen LogP contribution in [0.25, 0.3) is 0 Å². The smallest absolute Gasteiger partial charge is 0.328 e. The number of benzene rings is 1. The molecule has 16 heavy (non-hydrogen) atoms. The number of ether oxygens (including phenoxy) is 1. The highest BCUT2D eigenvalue weighted by Gasteiger charge is 2.16. The average Bonchev–Trinajstić information content (AvgIpc) is 2.29. The summed E-state index contributed by atoms with van der Waals surface area (Å²) in [5.74, 6) is -1.56. The molecular formula is C11H14FNO3. The van der Waals surface area contributed by atoms with E-state index < -0.39 is 23.6 Å². The van der Waals surface area contributed by atoms with Gasteiger partial charge in [-0.25, -0.2) is 9.18 Å². The zero-order valence-electron chi connectivity index (χ0n) is 9.16. The molecule has 1 aromatic rings. The van der Waals surface area contributed by atoms with E-state index in [2.05, 4.69) is 10.1 Å². The lowest BCUT2D eigenvalue weighted by Crippen LogP contribution is -2.29. The van der Waals surface area contributed by atoms with Crippen LogP contribution in [0.4, 0.5) is 10.1 Å². The van der Waals surface area contributed by atoms with Gasteiger partial charge in [-0.05, 0) is 18.6 Å². The molecule has 0 radical (unpaired) electrons. The van der Waals surface area contributed by atoms with Gasteiger partial charge in [0, 0.05) is 11.8 Å². The number of hydrogen-bond donors (Lipinski definition) is 2. The van der Waals surface area contributed by atoms with Gasteiger partial charge in [0.05, 0.1) is 7.11 Å². The maximum absolute atomic E-state index is 13.0. The largest absolute Gasteiger partial charge is 0.505 e. The molecule has 0 fully saturated rings. The summed E-state index contributed by atoms with van der Waals surface area (Å²) in [6.45, 7) is 1.81. The van der Waals surface area contributed by atoms with Crippen molar-refractivity contribution in [1.29, 1.82) is 0 Å². The minimum Gasteiger partial charge on any atom is -0.505 e. The Labute approximate surface area is 93.0 Å². The molecule has 88 valence electrons. The Morgan fingerprint density at radius 1 is 1.62 bits per heavy atom. The number of nitrogens with one attached hydrogen (secondary N) is 1. The molecule has 1 rings (SSSR count). The number of hydrogen-bond acceptors (Lipinski definition) is 4. The number of anilines is 1. The first kappa shape index (κ1) is 12.3. The van der Waals surface area contributed by atoms with Gasteiger partial charge in [0.15, 0.2) is 11.6 Å². The number of esters is 1. The molecule has 0 aliphatic carbocycles. The van der Waals surface area contributed by atoms with Crippen LogP contribution < -0.4 is 5.32 Å². The van der Waals surface area contributed by atoms with Crippen LogP contribution in [0.5, 0.6) is 5.75 Å². The molecule has 0 saturated carbocycles. The van der Waals surface area contributed by atoms with Gasteiger partial charge >= 0.3 is 5.97 Å². The molecule has 4 nitrogen and oxygen atoms in total. The second-order valence-corrected chi connectivity index (χ2v) is 3.29. The van der Waals surface area contributed by atoms with Gasteiger partial charge < -0.3 is 15.2 Å². The van der Waals surface area contributed by atoms with E-state index in [0.29, 0.717) is 12.1 Å². The van der Waals surface area contributed by atoms with Crippen molar-refractivity contribution < 1.29 is 19.0 Å². The van der Waals surface area contributed by atoms with Gasteiger partial charge in [0.25, 0.3) is 0 Å². The molecule has 0 aromatic heterocycles. The van der Waals surface area contributed by atoms with Gasteiger partial charge in [-0.3, -0.25) is 0 Å². The first-order chi connectivity index (χ1) is 7.58. The van der Waals surface area contributed by atoms with Gasteiger partial charge in [-0.15, -0.1) is 0 Å². The lowest BCUT2D eigenvalue weighted by atomic mass is 10.2. The molecule has 0 amide bonds. The van der Waals surface area contributed by atoms with Crippen LogP contribution in [-0.4, -0.2) is 24.2 Å². The zero-order chi connectivity index (χ0) is 12.1. The lowest BCUT2D eigenvalue weighted by molar-refractivity contribution is -0.141. The van der Waals surface area contributed by atoms with Crippen molar-refractivity contribution in [2.45, 2.75) is 19.4 Å². The van der Waals surface area contributed by atoms with Gasteiger partial charge in [0.1, 0.15) is 6.04 Å². The number of methoxy groups -OCH3 is 1. The number of rotatable bonds is 4. The minimum atomic E-state index is -0.732. The molecule has 0 aliphatic rings. The molecular weight excluding hydrogens is 213 g/mol. The first-order valence-electron chi connectivity index (χ1n) is 4.91. The van der Waals surface area contributed by atoms with E-state index >= 15 is 0 Å². The second-order valence-electron chi connectivity index (χ2n) is 3.29. The van der Waals surface area contributed by atoms with Crippen molar-refractivity contribution in [1.82, 2.24) is 0 Å². The molecule has 1 aromatic carbocycles. The third-order valence-electron chi connectivity index (χ3n) is 2.18. The Morgan fingerprint density at radius 3 is 2.81 bits per heavy atom. The zero-order valence-corrected chi connectivity index (χ0v) is 9.16. The Balaban J connectivity index is 2.78. The highest BCUT2D eigenvalue weighted by atomic mass is 19.1. The summed E-state index contributed by atoms with van der Waals surface area (Å²) >= 11 is 0. The van der Waals surface area contributed by atoms with E-state index in [1.54, 1.807) is 0 Å². The normalized spacial score (nSPS) is 11.9. The van der Waals surface area contributed by atoms with Gasteiger partial charge in [-0.1, -0.05) is 6.92 Å². The monoisotopic (exact) mass is 227 g/mol. The number of phenols is 1. The molecule has 1 atom stereocenters. The second kappa shape index (κ2) is 5.34. The summed E-state index contributed by atoms with van der Waals surface area (Å²) in [6, 6.07) is 3.32. The quantitative estimate of drug-likeness (QED) is 0.609. The molecule has 0 bridgehead atoms. The van der Waals surface area contributed by atoms with Crippen molar-refractivity contribution in [2.24, 2.45) is 0 Å². The van der Waals surface area contributed by atoms with Crippen LogP contribution in [-0.2, 0) is 9.53 Å². The van der Waals surface area contributed by atoms with E-state index in [9.17, 15) is 9.18 Å². The van der Waals surface area contributed by atoms with Crippen molar-refractivity contribution in [3.8, 4) is 5.75 Å². The maximum Gasteiger partial charge on any atom is 0.328 e. The highest BCUT2D eigenvalue weighted by Crippen LogP contribution is 2.20. The van der Waals surface area contributed by atoms with Crippen LogP contribution in [0, 0.1) is 5.82 Å². The van der Waals surface area contributed by atoms with Crippen molar-refractivity contribution in [2.75, 3.05) is 12.4 Å². The van der Waals surface area contributed by atoms with Crippen molar-refractivity contribution >= 4 is 11.7 Å². The Kier molecular flexibility index (Phi) is 4.10. The summed E-state index contributed by atoms with van der Waals surface area (Å²) < 4.78 is 17.6. The fourth-order valence-corrected chi connectivity index (χ4v) is 1.27. The first-order valence-corrected chi connectivity index (χ1v) is 4.91. The standard InChI is InChI=1S/C11H14FNO3/c1-3-9(11(15)16-2)13-7-4-5-10(14)8(12)6-7/h4-6,9,13-14H,3H2,1-2H3. The molecule has 0 heterocycles. The summed E-state index contributed by atoms with van der Waals surface area (Å²) in [4.78, 5) is 11.3. The molecule has 0 spiro atoms. The predicted octanol–water partition coefficient (Wildman–Crippen LogP) is 1.89. The van der Waals surface area contributed by atoms with Crippen LogP contribution in [0.2, 0.25) is 0 Å². The maximum atomic E-state index is 13.0. The Morgan fingerprint density at radius 2 is 2.31 bits per heavy atom. The summed E-state index contributed by atoms with van der Waals surface area (Å²) in [5, 5.41) is 11.8. The Bertz CT molecular complexity index is 381. The summed E-state index contributed by atoms with van der Waals surface area (Å²) in [7, 11) is 1.30. The van der Waals surface area contributed by atoms with E-state index in [4.69, 9.17) is 5.11 Å². The molecule has 5 heteroatoms. The van der Waals surface area contributed by atoms with Crippen LogP contribution >= 0.6 is 0 Å². The third kappa shape index (κ3) is 2.85. The average molecular weight is 227 g/mol. The van der Waals surface area contributed by atoms with E-state index in [-0.39, 0.29) is 0 Å². The van der Waals surface area contributed by atoms with Crippen LogP contribution in [0.3, 0.4) is 0 Å². The van der Waals surface area contributed by atoms with Crippen molar-refractivity contribution in [3.63, 3.8) is 0 Å². The van der Waals surface area contributed by atoms with Gasteiger partial charge in [-0.2, -0.15) is 0 Å². The predicted molar refractivity (Wildman–Crippen MR) is 57.8 cm³/mol. The number of phenolic OH excluding ortho intramolecular Hbond substituents is 1. The molecule has 0 aliphatic heterocycles. The Hall–Kier alpha value is -1.78. The number of halogens is 1. The summed E-state index contributed by atoms with van der Waals surface area (Å²) in [5.41, 5.74) is 0.424.